The van der Waals surface area contributed by atoms with Crippen molar-refractivity contribution in [1.29, 1.82) is 0 Å². The van der Waals surface area contributed by atoms with E-state index >= 15 is 0 Å². The highest BCUT2D eigenvalue weighted by atomic mass is 32.2. The average molecular weight is 319 g/mol. The largest absolute Gasteiger partial charge is 0.382 e. The molecule has 1 fully saturated rings. The van der Waals surface area contributed by atoms with Crippen LogP contribution in [0, 0.1) is 0 Å². The Morgan fingerprint density at radius 2 is 2.30 bits per heavy atom. The summed E-state index contributed by atoms with van der Waals surface area (Å²) < 4.78 is 34.0. The topological polar surface area (TPSA) is 94.3 Å². The third-order valence-corrected chi connectivity index (χ3v) is 6.15. The summed E-state index contributed by atoms with van der Waals surface area (Å²) in [5.74, 6) is 0.181. The fraction of sp³-hybridized carbons (Fsp3) is 0.750. The fourth-order valence-corrected chi connectivity index (χ4v) is 4.88. The molecule has 1 unspecified atom stereocenters. The first-order chi connectivity index (χ1) is 9.54. The van der Waals surface area contributed by atoms with Crippen LogP contribution < -0.4 is 11.1 Å². The first-order valence-electron chi connectivity index (χ1n) is 6.88. The minimum absolute atomic E-state index is 0.0875. The lowest BCUT2D eigenvalue weighted by atomic mass is 10.1. The van der Waals surface area contributed by atoms with Crippen LogP contribution in [0.5, 0.6) is 0 Å². The van der Waals surface area contributed by atoms with Crippen LogP contribution in [0.15, 0.2) is 4.90 Å². The molecule has 0 aromatic carbocycles. The van der Waals surface area contributed by atoms with Crippen molar-refractivity contribution in [2.24, 2.45) is 0 Å². The lowest BCUT2D eigenvalue weighted by Gasteiger charge is -2.22. The molecule has 1 aliphatic rings. The van der Waals surface area contributed by atoms with Gasteiger partial charge in [-0.2, -0.15) is 4.37 Å². The van der Waals surface area contributed by atoms with Crippen molar-refractivity contribution in [2.45, 2.75) is 43.6 Å². The van der Waals surface area contributed by atoms with Crippen LogP contribution in [0.3, 0.4) is 0 Å². The number of nitrogens with zero attached hydrogens (tertiary/aromatic N) is 1. The zero-order valence-electron chi connectivity index (χ0n) is 11.6. The molecule has 8 heteroatoms. The van der Waals surface area contributed by atoms with Crippen molar-refractivity contribution in [3.8, 4) is 0 Å². The molecule has 2 heterocycles. The van der Waals surface area contributed by atoms with E-state index in [4.69, 9.17) is 10.5 Å². The maximum absolute atomic E-state index is 12.2. The molecule has 6 nitrogen and oxygen atoms in total. The predicted octanol–water partition coefficient (Wildman–Crippen LogP) is 1.89. The summed E-state index contributed by atoms with van der Waals surface area (Å²) in [7, 11) is -3.36. The standard InChI is InChI=1S/C12H21N3O3S2/c1-2-7-20(16,17)10-11(13)15-19-12(10)14-8-9-5-3-4-6-18-9/h9,14H,2-8H2,1H3,(H2,13,15). The molecule has 1 aromatic heterocycles. The number of hydrogen-bond donors (Lipinski definition) is 2. The van der Waals surface area contributed by atoms with Gasteiger partial charge >= 0.3 is 0 Å². The van der Waals surface area contributed by atoms with E-state index in [-0.39, 0.29) is 22.6 Å². The average Bonchev–Trinajstić information content (AvgIpc) is 2.79. The smallest absolute Gasteiger partial charge is 0.185 e. The van der Waals surface area contributed by atoms with Crippen LogP contribution in [-0.4, -0.2) is 37.8 Å². The van der Waals surface area contributed by atoms with Crippen LogP contribution in [0.1, 0.15) is 32.6 Å². The maximum atomic E-state index is 12.2. The summed E-state index contributed by atoms with van der Waals surface area (Å²) >= 11 is 1.10. The minimum atomic E-state index is -3.36. The van der Waals surface area contributed by atoms with E-state index in [1.165, 1.54) is 0 Å². The molecule has 114 valence electrons. The van der Waals surface area contributed by atoms with E-state index in [2.05, 4.69) is 9.69 Å². The van der Waals surface area contributed by atoms with Crippen molar-refractivity contribution in [3.63, 3.8) is 0 Å². The monoisotopic (exact) mass is 319 g/mol. The van der Waals surface area contributed by atoms with E-state index in [0.717, 1.165) is 37.4 Å². The lowest BCUT2D eigenvalue weighted by Crippen LogP contribution is -2.27. The molecule has 0 aliphatic carbocycles. The number of anilines is 2. The third-order valence-electron chi connectivity index (χ3n) is 3.22. The second-order valence-electron chi connectivity index (χ2n) is 4.91. The van der Waals surface area contributed by atoms with E-state index in [9.17, 15) is 8.42 Å². The van der Waals surface area contributed by atoms with Crippen molar-refractivity contribution >= 4 is 32.2 Å². The van der Waals surface area contributed by atoms with Crippen molar-refractivity contribution in [1.82, 2.24) is 4.37 Å². The number of ether oxygens (including phenoxy) is 1. The van der Waals surface area contributed by atoms with Gasteiger partial charge in [0.15, 0.2) is 15.7 Å². The second kappa shape index (κ2) is 6.73. The summed E-state index contributed by atoms with van der Waals surface area (Å²) in [5.41, 5.74) is 5.72. The molecule has 1 atom stereocenters. The maximum Gasteiger partial charge on any atom is 0.185 e. The van der Waals surface area contributed by atoms with Gasteiger partial charge in [-0.1, -0.05) is 6.92 Å². The summed E-state index contributed by atoms with van der Waals surface area (Å²) in [6, 6.07) is 0. The zero-order chi connectivity index (χ0) is 14.6. The van der Waals surface area contributed by atoms with Crippen molar-refractivity contribution in [3.05, 3.63) is 0 Å². The molecule has 20 heavy (non-hydrogen) atoms. The lowest BCUT2D eigenvalue weighted by molar-refractivity contribution is 0.0248. The molecule has 0 radical (unpaired) electrons. The van der Waals surface area contributed by atoms with Crippen LogP contribution >= 0.6 is 11.5 Å². The number of sulfone groups is 1. The Bertz CT molecular complexity index is 536. The molecule has 0 spiro atoms. The minimum Gasteiger partial charge on any atom is -0.382 e. The molecule has 0 saturated carbocycles. The number of nitrogens with one attached hydrogen (secondary N) is 1. The van der Waals surface area contributed by atoms with Crippen LogP contribution in [0.2, 0.25) is 0 Å². The van der Waals surface area contributed by atoms with Crippen molar-refractivity contribution in [2.75, 3.05) is 30.0 Å². The Kier molecular flexibility index (Phi) is 5.22. The van der Waals surface area contributed by atoms with Gasteiger partial charge in [-0.3, -0.25) is 0 Å². The van der Waals surface area contributed by atoms with E-state index in [0.29, 0.717) is 18.0 Å². The van der Waals surface area contributed by atoms with Crippen LogP contribution in [0.25, 0.3) is 0 Å². The number of rotatable bonds is 6. The predicted molar refractivity (Wildman–Crippen MR) is 81.0 cm³/mol. The summed E-state index contributed by atoms with van der Waals surface area (Å²) in [6.45, 7) is 3.20. The highest BCUT2D eigenvalue weighted by molar-refractivity contribution is 7.91. The Balaban J connectivity index is 2.08. The molecular formula is C12H21N3O3S2. The molecule has 0 bridgehead atoms. The quantitative estimate of drug-likeness (QED) is 0.831. The molecular weight excluding hydrogens is 298 g/mol. The number of nitrogen functional groups attached to an aromatic ring is 1. The van der Waals surface area contributed by atoms with Crippen LogP contribution in [-0.2, 0) is 14.6 Å². The van der Waals surface area contributed by atoms with Gasteiger partial charge in [0.1, 0.15) is 9.90 Å². The number of nitrogens with two attached hydrogens (primary N) is 1. The van der Waals surface area contributed by atoms with Gasteiger partial charge in [-0.05, 0) is 37.2 Å². The Morgan fingerprint density at radius 1 is 1.50 bits per heavy atom. The highest BCUT2D eigenvalue weighted by Gasteiger charge is 2.25. The van der Waals surface area contributed by atoms with E-state index < -0.39 is 9.84 Å². The van der Waals surface area contributed by atoms with Crippen LogP contribution in [0.4, 0.5) is 10.8 Å². The molecule has 0 amide bonds. The molecule has 1 aliphatic heterocycles. The van der Waals surface area contributed by atoms with Gasteiger partial charge in [0.25, 0.3) is 0 Å². The molecule has 2 rings (SSSR count). The van der Waals surface area contributed by atoms with E-state index in [1.54, 1.807) is 0 Å². The fourth-order valence-electron chi connectivity index (χ4n) is 2.25. The van der Waals surface area contributed by atoms with Gasteiger partial charge in [0.05, 0.1) is 11.9 Å². The Labute approximate surface area is 123 Å². The van der Waals surface area contributed by atoms with E-state index in [1.807, 2.05) is 6.92 Å². The number of aromatic nitrogens is 1. The Morgan fingerprint density at radius 3 is 2.95 bits per heavy atom. The van der Waals surface area contributed by atoms with Gasteiger partial charge in [0, 0.05) is 13.2 Å². The Hall–Kier alpha value is -0.860. The highest BCUT2D eigenvalue weighted by Crippen LogP contribution is 2.32. The van der Waals surface area contributed by atoms with Gasteiger partial charge in [0.2, 0.25) is 0 Å². The zero-order valence-corrected chi connectivity index (χ0v) is 13.2. The molecule has 1 aromatic rings. The summed E-state index contributed by atoms with van der Waals surface area (Å²) in [5, 5.41) is 3.67. The summed E-state index contributed by atoms with van der Waals surface area (Å²) in [4.78, 5) is 0.153. The van der Waals surface area contributed by atoms with Gasteiger partial charge in [-0.25, -0.2) is 8.42 Å². The second-order valence-corrected chi connectivity index (χ2v) is 7.73. The SMILES string of the molecule is CCCS(=O)(=O)c1c(N)nsc1NCC1CCCCO1. The van der Waals surface area contributed by atoms with Gasteiger partial charge < -0.3 is 15.8 Å². The normalized spacial score (nSPS) is 19.9. The first kappa shape index (κ1) is 15.5. The number of hydrogen-bond acceptors (Lipinski definition) is 7. The van der Waals surface area contributed by atoms with Crippen molar-refractivity contribution < 1.29 is 13.2 Å². The molecule has 3 N–H and O–H groups in total. The molecule has 1 saturated heterocycles. The summed E-state index contributed by atoms with van der Waals surface area (Å²) in [6.07, 6.45) is 3.94. The third kappa shape index (κ3) is 3.62. The first-order valence-corrected chi connectivity index (χ1v) is 9.30. The van der Waals surface area contributed by atoms with Gasteiger partial charge in [-0.15, -0.1) is 0 Å².